The van der Waals surface area contributed by atoms with Crippen LogP contribution in [0.4, 0.5) is 0 Å². The van der Waals surface area contributed by atoms with E-state index in [1.807, 2.05) is 18.2 Å². The van der Waals surface area contributed by atoms with E-state index in [0.717, 1.165) is 24.2 Å². The Kier molecular flexibility index (Phi) is 3.63. The zero-order valence-corrected chi connectivity index (χ0v) is 12.5. The lowest BCUT2D eigenvalue weighted by Gasteiger charge is -2.07. The number of hydrogen-bond donors (Lipinski definition) is 1. The van der Waals surface area contributed by atoms with E-state index in [0.29, 0.717) is 5.69 Å². The summed E-state index contributed by atoms with van der Waals surface area (Å²) in [5, 5.41) is 13.1. The van der Waals surface area contributed by atoms with Gasteiger partial charge in [-0.1, -0.05) is 6.07 Å². The molecule has 1 aromatic heterocycles. The highest BCUT2D eigenvalue weighted by Gasteiger charge is 2.19. The summed E-state index contributed by atoms with van der Waals surface area (Å²) in [4.78, 5) is 11.9. The lowest BCUT2D eigenvalue weighted by molar-refractivity contribution is 0.0696. The number of aryl methyl sites for hydroxylation is 3. The van der Waals surface area contributed by atoms with Crippen LogP contribution in [0.5, 0.6) is 0 Å². The average Bonchev–Trinajstić information content (AvgIpc) is 3.05. The van der Waals surface area contributed by atoms with Gasteiger partial charge in [-0.3, -0.25) is 8.89 Å². The van der Waals surface area contributed by atoms with Gasteiger partial charge in [0.25, 0.3) is 0 Å². The molecule has 0 bridgehead atoms. The molecule has 1 aliphatic rings. The van der Waals surface area contributed by atoms with Crippen LogP contribution in [-0.2, 0) is 36.4 Å². The molecule has 21 heavy (non-hydrogen) atoms. The van der Waals surface area contributed by atoms with E-state index in [1.54, 1.807) is 7.05 Å². The second-order valence-electron chi connectivity index (χ2n) is 5.21. The third-order valence-corrected chi connectivity index (χ3v) is 5.21. The number of carboxylic acid groups (broad SMARTS) is 1. The summed E-state index contributed by atoms with van der Waals surface area (Å²) in [6, 6.07) is 5.92. The van der Waals surface area contributed by atoms with Crippen molar-refractivity contribution >= 4 is 16.8 Å². The molecule has 0 amide bonds. The molecule has 0 fully saturated rings. The number of rotatable bonds is 4. The molecule has 3 rings (SSSR count). The van der Waals surface area contributed by atoms with E-state index in [4.69, 9.17) is 5.11 Å². The van der Waals surface area contributed by atoms with Crippen molar-refractivity contribution in [2.45, 2.75) is 29.9 Å². The quantitative estimate of drug-likeness (QED) is 0.936. The standard InChI is InChI=1S/C15H16N2O3S/c1-17-14(13(8-16-17)15(18)19)9-21(20)12-6-5-10-3-2-4-11(10)7-12/h5-8H,2-4,9H2,1H3,(H,18,19). The van der Waals surface area contributed by atoms with E-state index in [2.05, 4.69) is 5.10 Å². The third-order valence-electron chi connectivity index (χ3n) is 3.89. The second-order valence-corrected chi connectivity index (χ2v) is 6.66. The van der Waals surface area contributed by atoms with Crippen LogP contribution >= 0.6 is 0 Å². The molecule has 1 aromatic carbocycles. The molecule has 6 heteroatoms. The van der Waals surface area contributed by atoms with Crippen molar-refractivity contribution in [3.8, 4) is 0 Å². The Morgan fingerprint density at radius 2 is 2.14 bits per heavy atom. The molecule has 0 radical (unpaired) electrons. The maximum absolute atomic E-state index is 12.5. The molecule has 1 aliphatic carbocycles. The average molecular weight is 304 g/mol. The Bertz CT molecular complexity index is 737. The van der Waals surface area contributed by atoms with Crippen molar-refractivity contribution in [2.24, 2.45) is 7.05 Å². The lowest BCUT2D eigenvalue weighted by Crippen LogP contribution is -2.08. The summed E-state index contributed by atoms with van der Waals surface area (Å²) in [5.74, 6) is -0.874. The van der Waals surface area contributed by atoms with Gasteiger partial charge in [0.2, 0.25) is 0 Å². The van der Waals surface area contributed by atoms with Crippen molar-refractivity contribution in [1.82, 2.24) is 9.78 Å². The van der Waals surface area contributed by atoms with Gasteiger partial charge in [0.05, 0.1) is 28.4 Å². The van der Waals surface area contributed by atoms with E-state index in [1.165, 1.54) is 22.0 Å². The van der Waals surface area contributed by atoms with E-state index >= 15 is 0 Å². The summed E-state index contributed by atoms with van der Waals surface area (Å²) in [5.41, 5.74) is 3.21. The molecule has 1 atom stereocenters. The van der Waals surface area contributed by atoms with Gasteiger partial charge in [-0.2, -0.15) is 5.10 Å². The molecule has 0 spiro atoms. The van der Waals surface area contributed by atoms with Gasteiger partial charge in [0.1, 0.15) is 5.56 Å². The summed E-state index contributed by atoms with van der Waals surface area (Å²) in [6.45, 7) is 0. The van der Waals surface area contributed by atoms with Crippen LogP contribution in [0.2, 0.25) is 0 Å². The largest absolute Gasteiger partial charge is 0.478 e. The fraction of sp³-hybridized carbons (Fsp3) is 0.333. The zero-order chi connectivity index (χ0) is 15.0. The first-order valence-electron chi connectivity index (χ1n) is 6.80. The van der Waals surface area contributed by atoms with Crippen LogP contribution in [-0.4, -0.2) is 25.1 Å². The van der Waals surface area contributed by atoms with Crippen LogP contribution in [0.15, 0.2) is 29.3 Å². The highest BCUT2D eigenvalue weighted by molar-refractivity contribution is 7.84. The fourth-order valence-corrected chi connectivity index (χ4v) is 3.96. The monoisotopic (exact) mass is 304 g/mol. The molecular formula is C15H16N2O3S. The van der Waals surface area contributed by atoms with E-state index in [-0.39, 0.29) is 11.3 Å². The van der Waals surface area contributed by atoms with Crippen molar-refractivity contribution < 1.29 is 14.1 Å². The Morgan fingerprint density at radius 1 is 1.38 bits per heavy atom. The van der Waals surface area contributed by atoms with Crippen molar-refractivity contribution in [3.05, 3.63) is 46.8 Å². The van der Waals surface area contributed by atoms with Crippen LogP contribution in [0.1, 0.15) is 33.6 Å². The maximum atomic E-state index is 12.5. The number of aromatic carboxylic acids is 1. The number of fused-ring (bicyclic) bond motifs is 1. The molecule has 2 aromatic rings. The molecule has 5 nitrogen and oxygen atoms in total. The Balaban J connectivity index is 1.87. The van der Waals surface area contributed by atoms with Crippen LogP contribution in [0, 0.1) is 0 Å². The van der Waals surface area contributed by atoms with Gasteiger partial charge in [-0.05, 0) is 42.5 Å². The van der Waals surface area contributed by atoms with E-state index < -0.39 is 16.8 Å². The zero-order valence-electron chi connectivity index (χ0n) is 11.7. The van der Waals surface area contributed by atoms with Gasteiger partial charge in [0.15, 0.2) is 0 Å². The molecule has 0 saturated heterocycles. The van der Waals surface area contributed by atoms with Crippen molar-refractivity contribution in [2.75, 3.05) is 0 Å². The summed E-state index contributed by atoms with van der Waals surface area (Å²) in [7, 11) is 0.402. The number of carboxylic acids is 1. The smallest absolute Gasteiger partial charge is 0.339 e. The normalized spacial score (nSPS) is 14.9. The molecule has 0 saturated carbocycles. The highest BCUT2D eigenvalue weighted by atomic mass is 32.2. The predicted molar refractivity (Wildman–Crippen MR) is 78.7 cm³/mol. The topological polar surface area (TPSA) is 72.2 Å². The maximum Gasteiger partial charge on any atom is 0.339 e. The highest BCUT2D eigenvalue weighted by Crippen LogP contribution is 2.25. The van der Waals surface area contributed by atoms with E-state index in [9.17, 15) is 9.00 Å². The molecule has 0 aliphatic heterocycles. The first kappa shape index (κ1) is 14.0. The Hall–Kier alpha value is -1.95. The number of aromatic nitrogens is 2. The fourth-order valence-electron chi connectivity index (χ4n) is 2.71. The van der Waals surface area contributed by atoms with Crippen molar-refractivity contribution in [1.29, 1.82) is 0 Å². The van der Waals surface area contributed by atoms with Gasteiger partial charge in [0, 0.05) is 11.9 Å². The molecular weight excluding hydrogens is 288 g/mol. The first-order valence-corrected chi connectivity index (χ1v) is 8.12. The molecule has 1 heterocycles. The number of carbonyl (C=O) groups is 1. The molecule has 1 unspecified atom stereocenters. The van der Waals surface area contributed by atoms with Crippen LogP contribution in [0.25, 0.3) is 0 Å². The van der Waals surface area contributed by atoms with Crippen LogP contribution < -0.4 is 0 Å². The SMILES string of the molecule is Cn1ncc(C(=O)O)c1CS(=O)c1ccc2c(c1)CCC2. The lowest BCUT2D eigenvalue weighted by atomic mass is 10.1. The summed E-state index contributed by atoms with van der Waals surface area (Å²) >= 11 is 0. The minimum Gasteiger partial charge on any atom is -0.478 e. The molecule has 1 N–H and O–H groups in total. The first-order chi connectivity index (χ1) is 10.1. The summed E-state index contributed by atoms with van der Waals surface area (Å²) in [6.07, 6.45) is 4.58. The van der Waals surface area contributed by atoms with Crippen LogP contribution in [0.3, 0.4) is 0 Å². The van der Waals surface area contributed by atoms with Gasteiger partial charge in [-0.25, -0.2) is 4.79 Å². The minimum absolute atomic E-state index is 0.118. The Labute approximate surface area is 125 Å². The Morgan fingerprint density at radius 3 is 2.90 bits per heavy atom. The number of benzene rings is 1. The summed E-state index contributed by atoms with van der Waals surface area (Å²) < 4.78 is 14.0. The van der Waals surface area contributed by atoms with Crippen molar-refractivity contribution in [3.63, 3.8) is 0 Å². The van der Waals surface area contributed by atoms with Gasteiger partial charge < -0.3 is 5.11 Å². The number of nitrogens with zero attached hydrogens (tertiary/aromatic N) is 2. The minimum atomic E-state index is -1.27. The van der Waals surface area contributed by atoms with Gasteiger partial charge in [-0.15, -0.1) is 0 Å². The van der Waals surface area contributed by atoms with Gasteiger partial charge >= 0.3 is 5.97 Å². The second kappa shape index (κ2) is 5.44. The number of hydrogen-bond acceptors (Lipinski definition) is 3. The predicted octanol–water partition coefficient (Wildman–Crippen LogP) is 1.91. The third kappa shape index (κ3) is 2.63. The molecule has 110 valence electrons.